The van der Waals surface area contributed by atoms with E-state index in [-0.39, 0.29) is 10.6 Å². The van der Waals surface area contributed by atoms with Gasteiger partial charge < -0.3 is 9.64 Å². The number of carbonyl (C=O) groups is 2. The molecule has 0 aliphatic carbocycles. The second kappa shape index (κ2) is 8.06. The summed E-state index contributed by atoms with van der Waals surface area (Å²) in [5.74, 6) is -0.439. The van der Waals surface area contributed by atoms with Crippen LogP contribution in [-0.4, -0.2) is 42.4 Å². The summed E-state index contributed by atoms with van der Waals surface area (Å²) >= 11 is 0.827. The first-order valence-electron chi connectivity index (χ1n) is 8.99. The number of hydrogen-bond acceptors (Lipinski definition) is 7. The normalized spacial score (nSPS) is 18.6. The molecular formula is C20H17N3O5S. The van der Waals surface area contributed by atoms with Crippen LogP contribution in [0.15, 0.2) is 53.4 Å². The molecule has 4 rings (SSSR count). The lowest BCUT2D eigenvalue weighted by atomic mass is 10.1. The quantitative estimate of drug-likeness (QED) is 0.430. The number of thioether (sulfide) groups is 1. The van der Waals surface area contributed by atoms with Crippen molar-refractivity contribution in [2.45, 2.75) is 0 Å². The number of rotatable bonds is 4. The van der Waals surface area contributed by atoms with Gasteiger partial charge in [-0.1, -0.05) is 18.2 Å². The molecule has 0 atom stereocenters. The van der Waals surface area contributed by atoms with E-state index < -0.39 is 16.1 Å². The Kier molecular flexibility index (Phi) is 5.32. The highest BCUT2D eigenvalue weighted by atomic mass is 32.2. The molecule has 148 valence electrons. The predicted octanol–water partition coefficient (Wildman–Crippen LogP) is 3.67. The van der Waals surface area contributed by atoms with Gasteiger partial charge in [0.15, 0.2) is 0 Å². The van der Waals surface area contributed by atoms with Crippen LogP contribution in [0.2, 0.25) is 0 Å². The van der Waals surface area contributed by atoms with Crippen molar-refractivity contribution in [3.8, 4) is 0 Å². The van der Waals surface area contributed by atoms with Crippen LogP contribution in [0.3, 0.4) is 0 Å². The Morgan fingerprint density at radius 3 is 2.48 bits per heavy atom. The van der Waals surface area contributed by atoms with Crippen LogP contribution in [0.25, 0.3) is 6.08 Å². The number of hydrogen-bond donors (Lipinski definition) is 0. The zero-order chi connectivity index (χ0) is 20.4. The third-order valence-electron chi connectivity index (χ3n) is 4.67. The number of ether oxygens (including phenoxy) is 1. The number of amides is 2. The topological polar surface area (TPSA) is 93.0 Å². The maximum absolute atomic E-state index is 12.9. The second-order valence-corrected chi connectivity index (χ2v) is 7.45. The van der Waals surface area contributed by atoms with Crippen LogP contribution in [0.4, 0.5) is 21.9 Å². The van der Waals surface area contributed by atoms with E-state index >= 15 is 0 Å². The van der Waals surface area contributed by atoms with E-state index in [4.69, 9.17) is 4.74 Å². The highest BCUT2D eigenvalue weighted by molar-refractivity contribution is 8.19. The lowest BCUT2D eigenvalue weighted by molar-refractivity contribution is -0.384. The molecule has 0 unspecified atom stereocenters. The molecule has 0 N–H and O–H groups in total. The molecule has 2 aromatic rings. The molecule has 0 aromatic heterocycles. The van der Waals surface area contributed by atoms with Crippen molar-refractivity contribution in [1.29, 1.82) is 0 Å². The van der Waals surface area contributed by atoms with Gasteiger partial charge in [0.05, 0.1) is 28.7 Å². The van der Waals surface area contributed by atoms with E-state index in [1.165, 1.54) is 12.1 Å². The lowest BCUT2D eigenvalue weighted by Crippen LogP contribution is -2.36. The zero-order valence-corrected chi connectivity index (χ0v) is 16.1. The number of para-hydroxylation sites is 1. The monoisotopic (exact) mass is 411 g/mol. The van der Waals surface area contributed by atoms with Gasteiger partial charge in [0.1, 0.15) is 0 Å². The fourth-order valence-corrected chi connectivity index (χ4v) is 4.10. The largest absolute Gasteiger partial charge is 0.378 e. The zero-order valence-electron chi connectivity index (χ0n) is 15.3. The van der Waals surface area contributed by atoms with Gasteiger partial charge >= 0.3 is 0 Å². The lowest BCUT2D eigenvalue weighted by Gasteiger charge is -2.30. The molecule has 2 amide bonds. The van der Waals surface area contributed by atoms with Gasteiger partial charge in [-0.15, -0.1) is 0 Å². The van der Waals surface area contributed by atoms with E-state index in [0.29, 0.717) is 37.6 Å². The van der Waals surface area contributed by atoms with Gasteiger partial charge in [-0.2, -0.15) is 0 Å². The van der Waals surface area contributed by atoms with Crippen LogP contribution in [-0.2, 0) is 9.53 Å². The average Bonchev–Trinajstić information content (AvgIpc) is 3.02. The summed E-state index contributed by atoms with van der Waals surface area (Å²) in [6, 6.07) is 13.2. The molecule has 2 aliphatic heterocycles. The third-order valence-corrected chi connectivity index (χ3v) is 5.54. The van der Waals surface area contributed by atoms with E-state index in [2.05, 4.69) is 4.90 Å². The van der Waals surface area contributed by atoms with Crippen LogP contribution < -0.4 is 9.80 Å². The molecule has 2 saturated heterocycles. The number of carbonyl (C=O) groups excluding carboxylic acids is 2. The predicted molar refractivity (Wildman–Crippen MR) is 111 cm³/mol. The fourth-order valence-electron chi connectivity index (χ4n) is 3.27. The molecular weight excluding hydrogens is 394 g/mol. The van der Waals surface area contributed by atoms with E-state index in [0.717, 1.165) is 22.3 Å². The second-order valence-electron chi connectivity index (χ2n) is 6.45. The minimum absolute atomic E-state index is 0.0736. The van der Waals surface area contributed by atoms with Gasteiger partial charge in [-0.25, -0.2) is 4.90 Å². The van der Waals surface area contributed by atoms with Crippen molar-refractivity contribution in [2.75, 3.05) is 36.1 Å². The fraction of sp³-hybridized carbons (Fsp3) is 0.200. The summed E-state index contributed by atoms with van der Waals surface area (Å²) in [6.07, 6.45) is 1.56. The Morgan fingerprint density at radius 2 is 1.79 bits per heavy atom. The number of anilines is 2. The molecule has 8 nitrogen and oxygen atoms in total. The van der Waals surface area contributed by atoms with Gasteiger partial charge in [-0.3, -0.25) is 19.7 Å². The SMILES string of the molecule is O=C1S/C(=C\c2cc([N+](=O)[O-])ccc2N2CCOCC2)C(=O)N1c1ccccc1. The van der Waals surface area contributed by atoms with Crippen molar-refractivity contribution in [1.82, 2.24) is 0 Å². The maximum Gasteiger partial charge on any atom is 0.298 e. The molecule has 2 aliphatic rings. The number of non-ortho nitro benzene ring substituents is 1. The standard InChI is InChI=1S/C20H17N3O5S/c24-19-18(29-20(25)22(19)15-4-2-1-3-5-15)13-14-12-16(23(26)27)6-7-17(14)21-8-10-28-11-9-21/h1-7,12-13H,8-11H2/b18-13-. The Morgan fingerprint density at radius 1 is 1.07 bits per heavy atom. The van der Waals surface area contributed by atoms with Crippen LogP contribution in [0.1, 0.15) is 5.56 Å². The van der Waals surface area contributed by atoms with Gasteiger partial charge in [0.25, 0.3) is 16.8 Å². The van der Waals surface area contributed by atoms with E-state index in [1.807, 2.05) is 0 Å². The molecule has 0 saturated carbocycles. The van der Waals surface area contributed by atoms with E-state index in [1.54, 1.807) is 42.5 Å². The number of nitrogens with zero attached hydrogens (tertiary/aromatic N) is 3. The van der Waals surface area contributed by atoms with Crippen molar-refractivity contribution >= 4 is 46.0 Å². The van der Waals surface area contributed by atoms with E-state index in [9.17, 15) is 19.7 Å². The van der Waals surface area contributed by atoms with Crippen molar-refractivity contribution in [3.05, 3.63) is 69.1 Å². The Hall–Kier alpha value is -3.17. The molecule has 9 heteroatoms. The number of nitro groups is 1. The molecule has 2 aromatic carbocycles. The van der Waals surface area contributed by atoms with Crippen LogP contribution >= 0.6 is 11.8 Å². The molecule has 29 heavy (non-hydrogen) atoms. The number of nitro benzene ring substituents is 1. The first-order chi connectivity index (χ1) is 14.0. The molecule has 2 fully saturated rings. The summed E-state index contributed by atoms with van der Waals surface area (Å²) in [6.45, 7) is 2.40. The summed E-state index contributed by atoms with van der Waals surface area (Å²) in [4.78, 5) is 39.5. The maximum atomic E-state index is 12.9. The van der Waals surface area contributed by atoms with Gasteiger partial charge in [0.2, 0.25) is 0 Å². The first-order valence-corrected chi connectivity index (χ1v) is 9.80. The summed E-state index contributed by atoms with van der Waals surface area (Å²) in [7, 11) is 0. The Bertz CT molecular complexity index is 1000. The molecule has 0 spiro atoms. The van der Waals surface area contributed by atoms with Crippen LogP contribution in [0, 0.1) is 10.1 Å². The number of morpholine rings is 1. The minimum Gasteiger partial charge on any atom is -0.378 e. The van der Waals surface area contributed by atoms with Crippen molar-refractivity contribution in [2.24, 2.45) is 0 Å². The summed E-state index contributed by atoms with van der Waals surface area (Å²) in [5, 5.41) is 10.9. The first kappa shape index (κ1) is 19.2. The molecule has 2 heterocycles. The minimum atomic E-state index is -0.476. The summed E-state index contributed by atoms with van der Waals surface area (Å²) < 4.78 is 5.38. The third kappa shape index (κ3) is 3.87. The Labute approximate surface area is 170 Å². The average molecular weight is 411 g/mol. The Balaban J connectivity index is 1.72. The highest BCUT2D eigenvalue weighted by Crippen LogP contribution is 2.37. The smallest absolute Gasteiger partial charge is 0.298 e. The summed E-state index contributed by atoms with van der Waals surface area (Å²) in [5.41, 5.74) is 1.71. The van der Waals surface area contributed by atoms with Crippen molar-refractivity contribution < 1.29 is 19.2 Å². The molecule has 0 bridgehead atoms. The number of benzene rings is 2. The van der Waals surface area contributed by atoms with Crippen LogP contribution in [0.5, 0.6) is 0 Å². The number of imide groups is 1. The van der Waals surface area contributed by atoms with Gasteiger partial charge in [-0.05, 0) is 36.0 Å². The highest BCUT2D eigenvalue weighted by Gasteiger charge is 2.36. The van der Waals surface area contributed by atoms with Gasteiger partial charge in [0, 0.05) is 36.5 Å². The molecule has 0 radical (unpaired) electrons. The van der Waals surface area contributed by atoms with Crippen molar-refractivity contribution in [3.63, 3.8) is 0 Å².